The summed E-state index contributed by atoms with van der Waals surface area (Å²) in [6.45, 7) is 3.99. The average molecular weight is 225 g/mol. The van der Waals surface area contributed by atoms with Crippen LogP contribution in [0, 0.1) is 0 Å². The van der Waals surface area contributed by atoms with E-state index in [1.807, 2.05) is 0 Å². The first-order valence-corrected chi connectivity index (χ1v) is 6.09. The average Bonchev–Trinajstić information content (AvgIpc) is 2.17. The molecule has 0 radical (unpaired) electrons. The predicted octanol–water partition coefficient (Wildman–Crippen LogP) is -0.335. The molecule has 6 heteroatoms. The van der Waals surface area contributed by atoms with Crippen molar-refractivity contribution in [2.45, 2.75) is 19.1 Å². The summed E-state index contributed by atoms with van der Waals surface area (Å²) in [5, 5.41) is 8.05. The molecule has 5 nitrogen and oxygen atoms in total. The van der Waals surface area contributed by atoms with E-state index in [9.17, 15) is 8.42 Å². The van der Waals surface area contributed by atoms with E-state index in [4.69, 9.17) is 9.84 Å². The predicted molar refractivity (Wildman–Crippen MR) is 54.6 cm³/mol. The van der Waals surface area contributed by atoms with Crippen LogP contribution in [0.4, 0.5) is 0 Å². The lowest BCUT2D eigenvalue weighted by Gasteiger charge is -2.23. The van der Waals surface area contributed by atoms with Gasteiger partial charge in [-0.1, -0.05) is 6.92 Å². The Morgan fingerprint density at radius 3 is 2.43 bits per heavy atom. The third-order valence-electron chi connectivity index (χ3n) is 2.02. The van der Waals surface area contributed by atoms with Crippen LogP contribution in [0.15, 0.2) is 0 Å². The fourth-order valence-electron chi connectivity index (χ4n) is 1.01. The Bertz CT molecular complexity index is 240. The number of aliphatic hydroxyl groups is 1. The molecule has 0 saturated carbocycles. The fourth-order valence-corrected chi connectivity index (χ4v) is 2.39. The molecule has 1 N–H and O–H groups in total. The van der Waals surface area contributed by atoms with Crippen LogP contribution in [0.1, 0.15) is 13.8 Å². The highest BCUT2D eigenvalue weighted by Gasteiger charge is 2.26. The zero-order valence-electron chi connectivity index (χ0n) is 8.93. The van der Waals surface area contributed by atoms with Gasteiger partial charge >= 0.3 is 0 Å². The lowest BCUT2D eigenvalue weighted by Crippen LogP contribution is -2.40. The largest absolute Gasteiger partial charge is 0.395 e. The van der Waals surface area contributed by atoms with Crippen molar-refractivity contribution in [2.75, 3.05) is 33.4 Å². The molecule has 0 saturated heterocycles. The van der Waals surface area contributed by atoms with Gasteiger partial charge in [0.15, 0.2) is 0 Å². The number of ether oxygens (including phenoxy) is 1. The first-order chi connectivity index (χ1) is 6.50. The van der Waals surface area contributed by atoms with Crippen molar-refractivity contribution in [1.29, 1.82) is 0 Å². The van der Waals surface area contributed by atoms with Crippen LogP contribution in [0.25, 0.3) is 0 Å². The third kappa shape index (κ3) is 3.53. The van der Waals surface area contributed by atoms with Gasteiger partial charge in [-0.15, -0.1) is 0 Å². The number of sulfonamides is 1. The monoisotopic (exact) mass is 225 g/mol. The van der Waals surface area contributed by atoms with Crippen LogP contribution in [-0.4, -0.2) is 56.5 Å². The maximum absolute atomic E-state index is 11.7. The Balaban J connectivity index is 4.49. The van der Waals surface area contributed by atoms with E-state index in [1.165, 1.54) is 18.3 Å². The van der Waals surface area contributed by atoms with Gasteiger partial charge in [0.1, 0.15) is 0 Å². The molecule has 0 spiro atoms. The SMILES string of the molecule is CCN(CCOC)S(=O)(=O)C(C)CO. The van der Waals surface area contributed by atoms with Crippen molar-refractivity contribution in [3.63, 3.8) is 0 Å². The number of nitrogens with zero attached hydrogens (tertiary/aromatic N) is 1. The van der Waals surface area contributed by atoms with E-state index in [-0.39, 0.29) is 6.61 Å². The van der Waals surface area contributed by atoms with Gasteiger partial charge in [0.2, 0.25) is 10.0 Å². The molecule has 0 rings (SSSR count). The summed E-state index contributed by atoms with van der Waals surface area (Å²) in [4.78, 5) is 0. The summed E-state index contributed by atoms with van der Waals surface area (Å²) >= 11 is 0. The van der Waals surface area contributed by atoms with Gasteiger partial charge < -0.3 is 9.84 Å². The molecular weight excluding hydrogens is 206 g/mol. The molecule has 0 amide bonds. The van der Waals surface area contributed by atoms with E-state index in [0.717, 1.165) is 0 Å². The Kier molecular flexibility index (Phi) is 6.26. The van der Waals surface area contributed by atoms with Crippen molar-refractivity contribution in [1.82, 2.24) is 4.31 Å². The molecule has 14 heavy (non-hydrogen) atoms. The number of aliphatic hydroxyl groups excluding tert-OH is 1. The molecule has 0 aromatic carbocycles. The summed E-state index contributed by atoms with van der Waals surface area (Å²) in [5.74, 6) is 0. The fraction of sp³-hybridized carbons (Fsp3) is 1.00. The van der Waals surface area contributed by atoms with Gasteiger partial charge in [-0.3, -0.25) is 0 Å². The first-order valence-electron chi connectivity index (χ1n) is 4.59. The number of hydrogen-bond donors (Lipinski definition) is 1. The Morgan fingerprint density at radius 2 is 2.07 bits per heavy atom. The highest BCUT2D eigenvalue weighted by atomic mass is 32.2. The van der Waals surface area contributed by atoms with Crippen molar-refractivity contribution < 1.29 is 18.3 Å². The zero-order valence-corrected chi connectivity index (χ0v) is 9.75. The number of likely N-dealkylation sites (N-methyl/N-ethyl adjacent to an activating group) is 1. The third-order valence-corrected chi connectivity index (χ3v) is 4.35. The molecule has 0 aromatic heterocycles. The zero-order chi connectivity index (χ0) is 11.2. The van der Waals surface area contributed by atoms with Crippen molar-refractivity contribution in [2.24, 2.45) is 0 Å². The van der Waals surface area contributed by atoms with Crippen LogP contribution in [0.5, 0.6) is 0 Å². The lowest BCUT2D eigenvalue weighted by atomic mass is 10.5. The topological polar surface area (TPSA) is 66.8 Å². The summed E-state index contributed by atoms with van der Waals surface area (Å²) in [7, 11) is -1.85. The molecule has 0 aliphatic carbocycles. The van der Waals surface area contributed by atoms with Gasteiger partial charge in [-0.05, 0) is 6.92 Å². The quantitative estimate of drug-likeness (QED) is 0.644. The van der Waals surface area contributed by atoms with Crippen LogP contribution >= 0.6 is 0 Å². The van der Waals surface area contributed by atoms with Gasteiger partial charge in [0, 0.05) is 20.2 Å². The first kappa shape index (κ1) is 13.8. The van der Waals surface area contributed by atoms with E-state index in [0.29, 0.717) is 19.7 Å². The summed E-state index contributed by atoms with van der Waals surface area (Å²) < 4.78 is 29.5. The summed E-state index contributed by atoms with van der Waals surface area (Å²) in [5.41, 5.74) is 0. The minimum Gasteiger partial charge on any atom is -0.395 e. The van der Waals surface area contributed by atoms with Crippen molar-refractivity contribution in [3.8, 4) is 0 Å². The van der Waals surface area contributed by atoms with Gasteiger partial charge in [-0.2, -0.15) is 4.31 Å². The van der Waals surface area contributed by atoms with Crippen LogP contribution < -0.4 is 0 Å². The molecule has 0 fully saturated rings. The molecule has 0 heterocycles. The summed E-state index contributed by atoms with van der Waals surface area (Å²) in [6, 6.07) is 0. The molecule has 0 aromatic rings. The van der Waals surface area contributed by atoms with Gasteiger partial charge in [0.25, 0.3) is 0 Å². The molecule has 0 bridgehead atoms. The Hall–Kier alpha value is -0.170. The van der Waals surface area contributed by atoms with E-state index in [1.54, 1.807) is 6.92 Å². The number of hydrogen-bond acceptors (Lipinski definition) is 4. The number of methoxy groups -OCH3 is 1. The molecule has 0 aliphatic rings. The van der Waals surface area contributed by atoms with Crippen molar-refractivity contribution in [3.05, 3.63) is 0 Å². The molecule has 86 valence electrons. The normalized spacial score (nSPS) is 14.6. The molecule has 0 aliphatic heterocycles. The second-order valence-corrected chi connectivity index (χ2v) is 5.37. The minimum absolute atomic E-state index is 0.333. The second-order valence-electron chi connectivity index (χ2n) is 3.02. The maximum Gasteiger partial charge on any atom is 0.219 e. The molecular formula is C8H19NO4S. The lowest BCUT2D eigenvalue weighted by molar-refractivity contribution is 0.179. The Morgan fingerprint density at radius 1 is 1.50 bits per heavy atom. The highest BCUT2D eigenvalue weighted by molar-refractivity contribution is 7.89. The van der Waals surface area contributed by atoms with Crippen LogP contribution in [0.2, 0.25) is 0 Å². The van der Waals surface area contributed by atoms with E-state index in [2.05, 4.69) is 0 Å². The molecule has 1 atom stereocenters. The standard InChI is InChI=1S/C8H19NO4S/c1-4-9(5-6-13-3)14(11,12)8(2)7-10/h8,10H,4-7H2,1-3H3. The minimum atomic E-state index is -3.37. The smallest absolute Gasteiger partial charge is 0.219 e. The second kappa shape index (κ2) is 6.34. The van der Waals surface area contributed by atoms with Crippen LogP contribution in [0.3, 0.4) is 0 Å². The molecule has 1 unspecified atom stereocenters. The van der Waals surface area contributed by atoms with E-state index < -0.39 is 15.3 Å². The van der Waals surface area contributed by atoms with Gasteiger partial charge in [-0.25, -0.2) is 8.42 Å². The van der Waals surface area contributed by atoms with Crippen LogP contribution in [-0.2, 0) is 14.8 Å². The Labute approximate surface area is 85.7 Å². The maximum atomic E-state index is 11.7. The summed E-state index contributed by atoms with van der Waals surface area (Å²) in [6.07, 6.45) is 0. The highest BCUT2D eigenvalue weighted by Crippen LogP contribution is 2.07. The number of rotatable bonds is 7. The van der Waals surface area contributed by atoms with Crippen molar-refractivity contribution >= 4 is 10.0 Å². The van der Waals surface area contributed by atoms with E-state index >= 15 is 0 Å². The van der Waals surface area contributed by atoms with Gasteiger partial charge in [0.05, 0.1) is 18.5 Å².